The zero-order chi connectivity index (χ0) is 11.1. The summed E-state index contributed by atoms with van der Waals surface area (Å²) < 4.78 is 28.1. The number of halogens is 1. The predicted molar refractivity (Wildman–Crippen MR) is 57.0 cm³/mol. The maximum Gasteiger partial charge on any atom is 0.256 e. The van der Waals surface area contributed by atoms with Gasteiger partial charge < -0.3 is 4.74 Å². The molecule has 1 aliphatic rings. The summed E-state index contributed by atoms with van der Waals surface area (Å²) in [4.78, 5) is 3.70. The molecule has 1 heterocycles. The van der Waals surface area contributed by atoms with Gasteiger partial charge in [0.05, 0.1) is 10.6 Å². The minimum absolute atomic E-state index is 0.192. The first kappa shape index (κ1) is 10.8. The van der Waals surface area contributed by atoms with Gasteiger partial charge >= 0.3 is 0 Å². The lowest BCUT2D eigenvalue weighted by Gasteiger charge is -2.08. The van der Waals surface area contributed by atoms with Crippen LogP contribution in [0.3, 0.4) is 0 Å². The van der Waals surface area contributed by atoms with Crippen molar-refractivity contribution < 1.29 is 13.2 Å². The van der Waals surface area contributed by atoms with E-state index in [4.69, 9.17) is 9.88 Å². The average molecular weight is 293 g/mol. The molecule has 1 aliphatic carbocycles. The van der Waals surface area contributed by atoms with E-state index >= 15 is 0 Å². The van der Waals surface area contributed by atoms with Crippen molar-refractivity contribution in [3.05, 3.63) is 16.7 Å². The molecule has 0 aromatic carbocycles. The van der Waals surface area contributed by atoms with Gasteiger partial charge in [-0.15, -0.1) is 0 Å². The van der Waals surface area contributed by atoms with E-state index < -0.39 is 10.0 Å². The summed E-state index contributed by atoms with van der Waals surface area (Å²) >= 11 is 3.13. The number of hydrogen-bond donors (Lipinski definition) is 1. The highest BCUT2D eigenvalue weighted by molar-refractivity contribution is 9.10. The van der Waals surface area contributed by atoms with Gasteiger partial charge in [-0.05, 0) is 34.8 Å². The lowest BCUT2D eigenvalue weighted by atomic mass is 10.4. The Hall–Kier alpha value is -0.660. The molecule has 5 nitrogen and oxygen atoms in total. The van der Waals surface area contributed by atoms with E-state index in [-0.39, 0.29) is 11.1 Å². The van der Waals surface area contributed by atoms with Crippen molar-refractivity contribution in [3.8, 4) is 5.75 Å². The van der Waals surface area contributed by atoms with E-state index in [1.165, 1.54) is 6.20 Å². The van der Waals surface area contributed by atoms with Crippen LogP contribution in [-0.4, -0.2) is 19.5 Å². The van der Waals surface area contributed by atoms with Gasteiger partial charge in [0.1, 0.15) is 5.75 Å². The molecule has 1 aromatic heterocycles. The third-order valence-electron chi connectivity index (χ3n) is 1.91. The van der Waals surface area contributed by atoms with E-state index in [0.717, 1.165) is 12.8 Å². The van der Waals surface area contributed by atoms with Gasteiger partial charge in [-0.2, -0.15) is 0 Å². The fourth-order valence-corrected chi connectivity index (χ4v) is 2.63. The molecule has 1 fully saturated rings. The number of sulfonamides is 1. The fourth-order valence-electron chi connectivity index (χ4n) is 1.06. The molecule has 15 heavy (non-hydrogen) atoms. The second kappa shape index (κ2) is 3.73. The molecular weight excluding hydrogens is 284 g/mol. The molecule has 0 unspecified atom stereocenters. The van der Waals surface area contributed by atoms with Crippen molar-refractivity contribution in [3.63, 3.8) is 0 Å². The monoisotopic (exact) mass is 292 g/mol. The second-order valence-electron chi connectivity index (χ2n) is 3.29. The highest BCUT2D eigenvalue weighted by atomic mass is 79.9. The summed E-state index contributed by atoms with van der Waals surface area (Å²) in [6.45, 7) is 0. The molecule has 2 N–H and O–H groups in total. The highest BCUT2D eigenvalue weighted by Gasteiger charge is 2.26. The van der Waals surface area contributed by atoms with Crippen molar-refractivity contribution in [2.24, 2.45) is 5.14 Å². The molecule has 0 radical (unpaired) electrons. The summed E-state index contributed by atoms with van der Waals surface area (Å²) in [5, 5.41) is 4.80. The number of ether oxygens (including phenoxy) is 1. The van der Waals surface area contributed by atoms with E-state index in [0.29, 0.717) is 10.2 Å². The minimum Gasteiger partial charge on any atom is -0.489 e. The van der Waals surface area contributed by atoms with Gasteiger partial charge in [0.25, 0.3) is 10.0 Å². The van der Waals surface area contributed by atoms with Crippen LogP contribution in [-0.2, 0) is 10.0 Å². The van der Waals surface area contributed by atoms with Gasteiger partial charge in [-0.3, -0.25) is 0 Å². The van der Waals surface area contributed by atoms with Crippen LogP contribution in [0.1, 0.15) is 12.8 Å². The van der Waals surface area contributed by atoms with Gasteiger partial charge in [-0.25, -0.2) is 18.5 Å². The zero-order valence-electron chi connectivity index (χ0n) is 7.68. The van der Waals surface area contributed by atoms with Crippen LogP contribution >= 0.6 is 15.9 Å². The highest BCUT2D eigenvalue weighted by Crippen LogP contribution is 2.34. The van der Waals surface area contributed by atoms with E-state index in [2.05, 4.69) is 20.9 Å². The Labute approximate surface area is 95.8 Å². The third-order valence-corrected chi connectivity index (χ3v) is 3.79. The number of rotatable bonds is 3. The van der Waals surface area contributed by atoms with Crippen molar-refractivity contribution >= 4 is 26.0 Å². The van der Waals surface area contributed by atoms with Crippen molar-refractivity contribution in [1.29, 1.82) is 0 Å². The molecular formula is C8H9BrN2O3S. The van der Waals surface area contributed by atoms with Crippen LogP contribution in [0.15, 0.2) is 21.8 Å². The number of hydrogen-bond acceptors (Lipinski definition) is 4. The number of pyridine rings is 1. The molecule has 0 bridgehead atoms. The lowest BCUT2D eigenvalue weighted by Crippen LogP contribution is -2.15. The first-order chi connectivity index (χ1) is 6.98. The Bertz CT molecular complexity index is 485. The van der Waals surface area contributed by atoms with Gasteiger partial charge in [0.2, 0.25) is 0 Å². The Balaban J connectivity index is 2.40. The van der Waals surface area contributed by atoms with E-state index in [1.54, 1.807) is 6.07 Å². The lowest BCUT2D eigenvalue weighted by molar-refractivity contribution is 0.299. The minimum atomic E-state index is -3.81. The number of aromatic nitrogens is 1. The van der Waals surface area contributed by atoms with Gasteiger partial charge in [-0.1, -0.05) is 0 Å². The fraction of sp³-hybridized carbons (Fsp3) is 0.375. The topological polar surface area (TPSA) is 82.3 Å². The first-order valence-corrected chi connectivity index (χ1v) is 6.66. The maximum absolute atomic E-state index is 11.1. The molecule has 0 spiro atoms. The molecule has 82 valence electrons. The molecule has 2 rings (SSSR count). The Morgan fingerprint density at radius 2 is 2.20 bits per heavy atom. The largest absolute Gasteiger partial charge is 0.489 e. The number of nitrogens with zero attached hydrogens (tertiary/aromatic N) is 1. The van der Waals surface area contributed by atoms with E-state index in [1.807, 2.05) is 0 Å². The number of nitrogens with two attached hydrogens (primary N) is 1. The predicted octanol–water partition coefficient (Wildman–Crippen LogP) is 1.03. The summed E-state index contributed by atoms with van der Waals surface area (Å²) in [7, 11) is -3.81. The Morgan fingerprint density at radius 1 is 1.53 bits per heavy atom. The molecule has 0 saturated heterocycles. The van der Waals surface area contributed by atoms with Crippen LogP contribution in [0, 0.1) is 0 Å². The molecule has 1 saturated carbocycles. The maximum atomic E-state index is 11.1. The van der Waals surface area contributed by atoms with Gasteiger partial charge in [0.15, 0.2) is 5.03 Å². The SMILES string of the molecule is NS(=O)(=O)c1nccc(OC2CC2)c1Br. The smallest absolute Gasteiger partial charge is 0.256 e. The molecule has 0 aliphatic heterocycles. The number of primary sulfonamides is 1. The third kappa shape index (κ3) is 2.47. The summed E-state index contributed by atoms with van der Waals surface area (Å²) in [5.41, 5.74) is 0. The van der Waals surface area contributed by atoms with E-state index in [9.17, 15) is 8.42 Å². The standard InChI is InChI=1S/C8H9BrN2O3S/c9-7-6(14-5-1-2-5)3-4-11-8(7)15(10,12)13/h3-5H,1-2H2,(H2,10,12,13). The first-order valence-electron chi connectivity index (χ1n) is 4.32. The summed E-state index contributed by atoms with van der Waals surface area (Å²) in [6.07, 6.45) is 3.55. The molecule has 0 amide bonds. The summed E-state index contributed by atoms with van der Waals surface area (Å²) in [5.74, 6) is 0.469. The normalized spacial score (nSPS) is 16.4. The van der Waals surface area contributed by atoms with Crippen molar-refractivity contribution in [2.75, 3.05) is 0 Å². The Kier molecular flexibility index (Phi) is 2.70. The van der Waals surface area contributed by atoms with Crippen LogP contribution in [0.25, 0.3) is 0 Å². The Morgan fingerprint density at radius 3 is 2.73 bits per heavy atom. The second-order valence-corrected chi connectivity index (χ2v) is 5.56. The zero-order valence-corrected chi connectivity index (χ0v) is 10.1. The average Bonchev–Trinajstić information content (AvgIpc) is 2.90. The summed E-state index contributed by atoms with van der Waals surface area (Å²) in [6, 6.07) is 1.61. The van der Waals surface area contributed by atoms with Crippen LogP contribution in [0.5, 0.6) is 5.75 Å². The quantitative estimate of drug-likeness (QED) is 0.902. The van der Waals surface area contributed by atoms with Crippen LogP contribution in [0.2, 0.25) is 0 Å². The molecule has 1 aromatic rings. The van der Waals surface area contributed by atoms with Crippen LogP contribution in [0.4, 0.5) is 0 Å². The van der Waals surface area contributed by atoms with Crippen molar-refractivity contribution in [1.82, 2.24) is 4.98 Å². The van der Waals surface area contributed by atoms with Crippen molar-refractivity contribution in [2.45, 2.75) is 24.0 Å². The van der Waals surface area contributed by atoms with Gasteiger partial charge in [0, 0.05) is 6.20 Å². The molecule has 7 heteroatoms. The van der Waals surface area contributed by atoms with Crippen LogP contribution < -0.4 is 9.88 Å². The molecule has 0 atom stereocenters.